The molecule has 0 fully saturated rings. The van der Waals surface area contributed by atoms with E-state index in [-0.39, 0.29) is 11.5 Å². The summed E-state index contributed by atoms with van der Waals surface area (Å²) in [7, 11) is 0. The smallest absolute Gasteiger partial charge is 0.270 e. The molecule has 19 heavy (non-hydrogen) atoms. The highest BCUT2D eigenvalue weighted by Crippen LogP contribution is 2.21. The van der Waals surface area contributed by atoms with Gasteiger partial charge in [0.05, 0.1) is 4.92 Å². The van der Waals surface area contributed by atoms with E-state index >= 15 is 0 Å². The molecule has 2 rings (SSSR count). The highest BCUT2D eigenvalue weighted by atomic mass is 79.9. The molecule has 2 aromatic rings. The Labute approximate surface area is 121 Å². The number of carbonyl (C=O) groups excluding carboxylic acids is 1. The summed E-state index contributed by atoms with van der Waals surface area (Å²) in [5.74, 6) is -0.256. The van der Waals surface area contributed by atoms with Crippen LogP contribution >= 0.6 is 27.3 Å². The fraction of sp³-hybridized carbons (Fsp3) is 0. The molecule has 0 bridgehead atoms. The van der Waals surface area contributed by atoms with E-state index < -0.39 is 4.92 Å². The minimum atomic E-state index is -0.517. The molecule has 0 aliphatic carbocycles. The van der Waals surface area contributed by atoms with Gasteiger partial charge in [-0.05, 0) is 34.1 Å². The maximum atomic E-state index is 11.9. The van der Waals surface area contributed by atoms with Crippen LogP contribution in [0.1, 0.15) is 15.2 Å². The van der Waals surface area contributed by atoms with E-state index in [4.69, 9.17) is 0 Å². The van der Waals surface area contributed by atoms with E-state index in [9.17, 15) is 14.9 Å². The van der Waals surface area contributed by atoms with Crippen molar-refractivity contribution in [2.24, 2.45) is 0 Å². The van der Waals surface area contributed by atoms with Crippen LogP contribution in [0.15, 0.2) is 46.3 Å². The summed E-state index contributed by atoms with van der Waals surface area (Å²) in [5, 5.41) is 12.5. The highest BCUT2D eigenvalue weighted by Gasteiger charge is 2.09. The Bertz CT molecular complexity index is 663. The van der Waals surface area contributed by atoms with Gasteiger partial charge in [0.15, 0.2) is 5.78 Å². The number of thiophene rings is 1. The molecule has 0 amide bonds. The van der Waals surface area contributed by atoms with Crippen LogP contribution in [0.25, 0.3) is 6.08 Å². The Hall–Kier alpha value is -1.79. The molecule has 1 aromatic heterocycles. The molecule has 0 radical (unpaired) electrons. The van der Waals surface area contributed by atoms with Gasteiger partial charge in [0.1, 0.15) is 0 Å². The normalized spacial score (nSPS) is 10.8. The lowest BCUT2D eigenvalue weighted by Crippen LogP contribution is -1.96. The predicted molar refractivity (Wildman–Crippen MR) is 78.5 cm³/mol. The molecule has 0 saturated heterocycles. The molecule has 0 atom stereocenters. The van der Waals surface area contributed by atoms with Crippen molar-refractivity contribution >= 4 is 44.8 Å². The molecular weight excluding hydrogens is 330 g/mol. The summed E-state index contributed by atoms with van der Waals surface area (Å²) in [4.78, 5) is 22.9. The predicted octanol–water partition coefficient (Wildman–Crippen LogP) is 4.31. The van der Waals surface area contributed by atoms with Crippen LogP contribution in [0, 0.1) is 10.1 Å². The Kier molecular flexibility index (Phi) is 4.24. The summed E-state index contributed by atoms with van der Waals surface area (Å²) >= 11 is 4.83. The van der Waals surface area contributed by atoms with E-state index in [1.807, 2.05) is 11.4 Å². The van der Waals surface area contributed by atoms with Gasteiger partial charge in [0.25, 0.3) is 5.69 Å². The van der Waals surface area contributed by atoms with Gasteiger partial charge in [-0.1, -0.05) is 12.1 Å². The van der Waals surface area contributed by atoms with Crippen molar-refractivity contribution in [3.8, 4) is 0 Å². The zero-order valence-corrected chi connectivity index (χ0v) is 12.0. The van der Waals surface area contributed by atoms with Crippen molar-refractivity contribution in [1.29, 1.82) is 0 Å². The van der Waals surface area contributed by atoms with Crippen molar-refractivity contribution < 1.29 is 9.72 Å². The average molecular weight is 338 g/mol. The van der Waals surface area contributed by atoms with E-state index in [0.717, 1.165) is 9.35 Å². The first-order valence-corrected chi connectivity index (χ1v) is 6.94. The number of nitrogens with zero attached hydrogens (tertiary/aromatic N) is 1. The molecule has 1 aromatic carbocycles. The van der Waals surface area contributed by atoms with Gasteiger partial charge in [-0.2, -0.15) is 0 Å². The van der Waals surface area contributed by atoms with Crippen molar-refractivity contribution in [2.45, 2.75) is 0 Å². The number of carbonyl (C=O) groups is 1. The summed E-state index contributed by atoms with van der Waals surface area (Å²) in [6.07, 6.45) is 3.11. The second-order valence-electron chi connectivity index (χ2n) is 3.67. The molecule has 4 nitrogen and oxygen atoms in total. The quantitative estimate of drug-likeness (QED) is 0.361. The molecule has 0 N–H and O–H groups in total. The second kappa shape index (κ2) is 5.90. The van der Waals surface area contributed by atoms with Crippen LogP contribution in [0.4, 0.5) is 5.69 Å². The number of non-ortho nitro benzene ring substituents is 1. The van der Waals surface area contributed by atoms with Crippen LogP contribution in [0.2, 0.25) is 0 Å². The molecule has 6 heteroatoms. The topological polar surface area (TPSA) is 60.2 Å². The SMILES string of the molecule is O=C(C=Cc1cc(Br)cs1)c1cccc([N+](=O)[O-])c1. The van der Waals surface area contributed by atoms with Crippen molar-refractivity contribution in [1.82, 2.24) is 0 Å². The summed E-state index contributed by atoms with van der Waals surface area (Å²) in [5.41, 5.74) is 0.221. The van der Waals surface area contributed by atoms with Crippen LogP contribution < -0.4 is 0 Å². The molecule has 0 spiro atoms. The first kappa shape index (κ1) is 13.6. The zero-order valence-electron chi connectivity index (χ0n) is 9.58. The van der Waals surface area contributed by atoms with E-state index in [1.54, 1.807) is 12.1 Å². The van der Waals surface area contributed by atoms with Crippen LogP contribution in [0.5, 0.6) is 0 Å². The lowest BCUT2D eigenvalue weighted by molar-refractivity contribution is -0.384. The van der Waals surface area contributed by atoms with Crippen molar-refractivity contribution in [3.05, 3.63) is 66.8 Å². The van der Waals surface area contributed by atoms with Crippen LogP contribution in [-0.2, 0) is 0 Å². The van der Waals surface area contributed by atoms with Gasteiger partial charge in [0, 0.05) is 32.4 Å². The molecule has 1 heterocycles. The van der Waals surface area contributed by atoms with Gasteiger partial charge in [-0.15, -0.1) is 11.3 Å². The minimum absolute atomic E-state index is 0.0851. The fourth-order valence-electron chi connectivity index (χ4n) is 1.44. The maximum Gasteiger partial charge on any atom is 0.270 e. The molecule has 96 valence electrons. The maximum absolute atomic E-state index is 11.9. The number of allylic oxidation sites excluding steroid dienone is 1. The van der Waals surface area contributed by atoms with Gasteiger partial charge < -0.3 is 0 Å². The third-order valence-electron chi connectivity index (χ3n) is 2.33. The average Bonchev–Trinajstić information content (AvgIpc) is 2.82. The Morgan fingerprint density at radius 2 is 2.16 bits per heavy atom. The zero-order chi connectivity index (χ0) is 13.8. The first-order chi connectivity index (χ1) is 9.06. The summed E-state index contributed by atoms with van der Waals surface area (Å²) in [6.45, 7) is 0. The monoisotopic (exact) mass is 337 g/mol. The van der Waals surface area contributed by atoms with Gasteiger partial charge >= 0.3 is 0 Å². The largest absolute Gasteiger partial charge is 0.289 e. The van der Waals surface area contributed by atoms with E-state index in [0.29, 0.717) is 5.56 Å². The fourth-order valence-corrected chi connectivity index (χ4v) is 2.78. The second-order valence-corrected chi connectivity index (χ2v) is 5.53. The standard InChI is InChI=1S/C13H8BrNO3S/c14-10-7-12(19-8-10)4-5-13(16)9-2-1-3-11(6-9)15(17)18/h1-8H. The minimum Gasteiger partial charge on any atom is -0.289 e. The van der Waals surface area contributed by atoms with Crippen molar-refractivity contribution in [3.63, 3.8) is 0 Å². The van der Waals surface area contributed by atoms with Crippen LogP contribution in [0.3, 0.4) is 0 Å². The number of nitro benzene ring substituents is 1. The number of halogens is 1. The van der Waals surface area contributed by atoms with Crippen molar-refractivity contribution in [2.75, 3.05) is 0 Å². The molecule has 0 unspecified atom stereocenters. The number of hydrogen-bond donors (Lipinski definition) is 0. The molecular formula is C13H8BrNO3S. The summed E-state index contributed by atoms with van der Waals surface area (Å²) < 4.78 is 0.958. The third kappa shape index (κ3) is 3.59. The third-order valence-corrected chi connectivity index (χ3v) is 3.99. The first-order valence-electron chi connectivity index (χ1n) is 5.27. The molecule has 0 saturated carbocycles. The van der Waals surface area contributed by atoms with Gasteiger partial charge in [-0.3, -0.25) is 14.9 Å². The van der Waals surface area contributed by atoms with E-state index in [1.165, 1.54) is 35.6 Å². The Morgan fingerprint density at radius 1 is 1.37 bits per heavy atom. The lowest BCUT2D eigenvalue weighted by atomic mass is 10.1. The molecule has 0 aliphatic heterocycles. The number of benzene rings is 1. The summed E-state index contributed by atoms with van der Waals surface area (Å²) in [6, 6.07) is 7.58. The Balaban J connectivity index is 2.18. The van der Waals surface area contributed by atoms with Gasteiger partial charge in [0.2, 0.25) is 0 Å². The number of hydrogen-bond acceptors (Lipinski definition) is 4. The lowest BCUT2D eigenvalue weighted by Gasteiger charge is -1.95. The van der Waals surface area contributed by atoms with Crippen LogP contribution in [-0.4, -0.2) is 10.7 Å². The Morgan fingerprint density at radius 3 is 2.79 bits per heavy atom. The number of ketones is 1. The van der Waals surface area contributed by atoms with Gasteiger partial charge in [-0.25, -0.2) is 0 Å². The number of rotatable bonds is 4. The van der Waals surface area contributed by atoms with E-state index in [2.05, 4.69) is 15.9 Å². The highest BCUT2D eigenvalue weighted by molar-refractivity contribution is 9.10. The molecule has 0 aliphatic rings. The number of nitro groups is 1.